The fourth-order valence-electron chi connectivity index (χ4n) is 4.58. The highest BCUT2D eigenvalue weighted by atomic mass is 16.5. The summed E-state index contributed by atoms with van der Waals surface area (Å²) in [6.07, 6.45) is 7.57. The van der Waals surface area contributed by atoms with Crippen LogP contribution in [0.25, 0.3) is 11.4 Å². The molecule has 4 rings (SSSR count). The van der Waals surface area contributed by atoms with Crippen LogP contribution in [0.1, 0.15) is 54.4 Å². The molecule has 0 saturated carbocycles. The van der Waals surface area contributed by atoms with Gasteiger partial charge in [-0.2, -0.15) is 0 Å². The molecule has 0 bridgehead atoms. The number of ether oxygens (including phenoxy) is 1. The van der Waals surface area contributed by atoms with Gasteiger partial charge in [-0.25, -0.2) is 9.97 Å². The fraction of sp³-hybridized carbons (Fsp3) is 0.393. The van der Waals surface area contributed by atoms with Gasteiger partial charge in [-0.15, -0.1) is 0 Å². The number of carbonyl (C=O) groups excluding carboxylic acids is 1. The molecule has 0 N–H and O–H groups in total. The van der Waals surface area contributed by atoms with Crippen molar-refractivity contribution in [2.45, 2.75) is 51.9 Å². The Kier molecular flexibility index (Phi) is 7.38. The summed E-state index contributed by atoms with van der Waals surface area (Å²) in [4.78, 5) is 22.4. The maximum Gasteiger partial charge on any atom is 0.161 e. The molecule has 5 heteroatoms. The van der Waals surface area contributed by atoms with Gasteiger partial charge in [-0.05, 0) is 67.3 Å². The Morgan fingerprint density at radius 2 is 2.00 bits per heavy atom. The van der Waals surface area contributed by atoms with Crippen LogP contribution in [-0.4, -0.2) is 36.5 Å². The molecule has 1 atom stereocenters. The van der Waals surface area contributed by atoms with Crippen LogP contribution < -0.4 is 9.64 Å². The van der Waals surface area contributed by atoms with E-state index in [0.717, 1.165) is 67.0 Å². The third kappa shape index (κ3) is 5.41. The molecule has 0 unspecified atom stereocenters. The summed E-state index contributed by atoms with van der Waals surface area (Å²) < 4.78 is 6.03. The number of fused-ring (bicyclic) bond motifs is 1. The molecule has 0 aliphatic heterocycles. The van der Waals surface area contributed by atoms with E-state index in [1.54, 1.807) is 0 Å². The van der Waals surface area contributed by atoms with Crippen molar-refractivity contribution in [2.24, 2.45) is 0 Å². The number of anilines is 1. The lowest BCUT2D eigenvalue weighted by Crippen LogP contribution is -2.22. The van der Waals surface area contributed by atoms with E-state index < -0.39 is 0 Å². The number of rotatable bonds is 10. The summed E-state index contributed by atoms with van der Waals surface area (Å²) in [7, 11) is 2.07. The maximum absolute atomic E-state index is 10.9. The summed E-state index contributed by atoms with van der Waals surface area (Å²) in [6.45, 7) is 5.70. The van der Waals surface area contributed by atoms with Gasteiger partial charge in [-0.3, -0.25) is 0 Å². The van der Waals surface area contributed by atoms with Gasteiger partial charge in [0, 0.05) is 37.3 Å². The second-order valence-corrected chi connectivity index (χ2v) is 8.87. The lowest BCUT2D eigenvalue weighted by Gasteiger charge is -2.21. The van der Waals surface area contributed by atoms with Gasteiger partial charge in [-0.1, -0.05) is 37.3 Å². The smallest absolute Gasteiger partial charge is 0.161 e. The predicted octanol–water partition coefficient (Wildman–Crippen LogP) is 5.54. The first-order valence-corrected chi connectivity index (χ1v) is 11.9. The molecule has 0 saturated heterocycles. The van der Waals surface area contributed by atoms with E-state index in [2.05, 4.69) is 67.2 Å². The first kappa shape index (κ1) is 23.0. The second kappa shape index (κ2) is 10.6. The minimum absolute atomic E-state index is 0.380. The highest BCUT2D eigenvalue weighted by Gasteiger charge is 2.22. The number of aromatic nitrogens is 2. The van der Waals surface area contributed by atoms with Crippen LogP contribution in [0.2, 0.25) is 0 Å². The van der Waals surface area contributed by atoms with Crippen LogP contribution in [0.5, 0.6) is 5.75 Å². The van der Waals surface area contributed by atoms with Gasteiger partial charge in [0.25, 0.3) is 0 Å². The summed E-state index contributed by atoms with van der Waals surface area (Å²) in [6, 6.07) is 14.8. The number of benzene rings is 2. The number of hydrogen-bond acceptors (Lipinski definition) is 5. The van der Waals surface area contributed by atoms with E-state index in [9.17, 15) is 4.79 Å². The minimum Gasteiger partial charge on any atom is -0.494 e. The van der Waals surface area contributed by atoms with E-state index in [1.165, 1.54) is 16.7 Å². The zero-order valence-electron chi connectivity index (χ0n) is 19.9. The lowest BCUT2D eigenvalue weighted by molar-refractivity contribution is -0.108. The zero-order chi connectivity index (χ0) is 23.2. The third-order valence-corrected chi connectivity index (χ3v) is 6.53. The van der Waals surface area contributed by atoms with Crippen molar-refractivity contribution < 1.29 is 9.53 Å². The highest BCUT2D eigenvalue weighted by Crippen LogP contribution is 2.36. The summed E-state index contributed by atoms with van der Waals surface area (Å²) in [5.74, 6) is 3.01. The Morgan fingerprint density at radius 3 is 2.76 bits per heavy atom. The van der Waals surface area contributed by atoms with Crippen molar-refractivity contribution in [3.63, 3.8) is 0 Å². The molecule has 1 aliphatic rings. The molecule has 1 aromatic heterocycles. The van der Waals surface area contributed by atoms with Gasteiger partial charge < -0.3 is 14.4 Å². The van der Waals surface area contributed by atoms with Gasteiger partial charge in [0.15, 0.2) is 5.82 Å². The molecule has 0 spiro atoms. The van der Waals surface area contributed by atoms with Crippen LogP contribution in [0, 0.1) is 6.92 Å². The lowest BCUT2D eigenvalue weighted by atomic mass is 9.99. The molecule has 3 aromatic rings. The predicted molar refractivity (Wildman–Crippen MR) is 133 cm³/mol. The van der Waals surface area contributed by atoms with E-state index in [0.29, 0.717) is 18.9 Å². The summed E-state index contributed by atoms with van der Waals surface area (Å²) in [5, 5.41) is 0. The van der Waals surface area contributed by atoms with E-state index in [-0.39, 0.29) is 0 Å². The molecule has 33 heavy (non-hydrogen) atoms. The Balaban J connectivity index is 1.33. The number of aryl methyl sites for hydroxylation is 3. The minimum atomic E-state index is 0.380. The molecule has 1 heterocycles. The van der Waals surface area contributed by atoms with Crippen LogP contribution in [0.3, 0.4) is 0 Å². The van der Waals surface area contributed by atoms with E-state index in [1.807, 2.05) is 12.3 Å². The van der Waals surface area contributed by atoms with Crippen LogP contribution in [0.15, 0.2) is 48.7 Å². The van der Waals surface area contributed by atoms with Crippen molar-refractivity contribution in [3.05, 3.63) is 70.9 Å². The van der Waals surface area contributed by atoms with Gasteiger partial charge >= 0.3 is 0 Å². The Hall–Kier alpha value is -3.21. The van der Waals surface area contributed by atoms with Crippen molar-refractivity contribution in [3.8, 4) is 17.1 Å². The molecule has 0 amide bonds. The molecule has 2 aromatic carbocycles. The zero-order valence-corrected chi connectivity index (χ0v) is 19.9. The fourth-order valence-corrected chi connectivity index (χ4v) is 4.58. The third-order valence-electron chi connectivity index (χ3n) is 6.53. The standard InChI is InChI=1S/C28H33N3O2/c1-4-21-6-8-23(9-7-21)27-29-19-20(2)28(30-27)31(3)15-5-17-33-25-12-13-26-22(14-16-32)10-11-24(26)18-25/h6-9,12-13,16,18-19,22H,4-5,10-11,14-15,17H2,1-3H3/t22-/m0/s1. The van der Waals surface area contributed by atoms with E-state index >= 15 is 0 Å². The molecule has 0 fully saturated rings. The van der Waals surface area contributed by atoms with Crippen LogP contribution >= 0.6 is 0 Å². The van der Waals surface area contributed by atoms with Crippen molar-refractivity contribution in [1.29, 1.82) is 0 Å². The highest BCUT2D eigenvalue weighted by molar-refractivity contribution is 5.59. The molecule has 1 aliphatic carbocycles. The number of carbonyl (C=O) groups is 1. The second-order valence-electron chi connectivity index (χ2n) is 8.87. The van der Waals surface area contributed by atoms with Crippen molar-refractivity contribution >= 4 is 12.1 Å². The Bertz CT molecular complexity index is 1090. The summed E-state index contributed by atoms with van der Waals surface area (Å²) in [5.41, 5.74) is 6.06. The molecule has 172 valence electrons. The van der Waals surface area contributed by atoms with Crippen molar-refractivity contribution in [2.75, 3.05) is 25.1 Å². The average molecular weight is 444 g/mol. The van der Waals surface area contributed by atoms with E-state index in [4.69, 9.17) is 9.72 Å². The van der Waals surface area contributed by atoms with Crippen LogP contribution in [-0.2, 0) is 17.6 Å². The van der Waals surface area contributed by atoms with Gasteiger partial charge in [0.05, 0.1) is 6.61 Å². The quantitative estimate of drug-likeness (QED) is 0.304. The summed E-state index contributed by atoms with van der Waals surface area (Å²) >= 11 is 0. The first-order chi connectivity index (χ1) is 16.1. The normalized spacial score (nSPS) is 14.7. The maximum atomic E-state index is 10.9. The number of nitrogens with zero attached hydrogens (tertiary/aromatic N) is 3. The Morgan fingerprint density at radius 1 is 1.18 bits per heavy atom. The van der Waals surface area contributed by atoms with Gasteiger partial charge in [0.1, 0.15) is 17.9 Å². The average Bonchev–Trinajstić information content (AvgIpc) is 3.24. The molecular weight excluding hydrogens is 410 g/mol. The largest absolute Gasteiger partial charge is 0.494 e. The molecule has 0 radical (unpaired) electrons. The Labute approximate surface area is 196 Å². The van der Waals surface area contributed by atoms with Gasteiger partial charge in [0.2, 0.25) is 0 Å². The molecular formula is C28H33N3O2. The van der Waals surface area contributed by atoms with Crippen LogP contribution in [0.4, 0.5) is 5.82 Å². The first-order valence-electron chi connectivity index (χ1n) is 11.9. The number of aldehydes is 1. The monoisotopic (exact) mass is 443 g/mol. The SMILES string of the molecule is CCc1ccc(-c2ncc(C)c(N(C)CCCOc3ccc4c(c3)CC[C@H]4CC=O)n2)cc1. The van der Waals surface area contributed by atoms with Crippen molar-refractivity contribution in [1.82, 2.24) is 9.97 Å². The number of hydrogen-bond donors (Lipinski definition) is 0. The topological polar surface area (TPSA) is 55.3 Å². The molecule has 5 nitrogen and oxygen atoms in total.